The standard InChI is InChI=1S/C17H15ClN4S.C16H17NO3.C3H7NO/c1-9-10(2)23-17-15(9)16(12-4-6-13(18)7-5-12)19-8-14-21-20-11(3)22(14)17;18-14(6-7-16(19)17-13-2-1-3-13)12-5-4-11-8-9-20-15(11)10-12;1-3(5)4-2/h4-7H,8H2,1-3H3;4-7,10,13H,1-3,8-9H2,(H,17,19);1-2H3,(H,4,5)/b;7-6+;. The Morgan fingerprint density at radius 2 is 1.77 bits per heavy atom. The highest BCUT2D eigenvalue weighted by Crippen LogP contribution is 2.36. The third-order valence-corrected chi connectivity index (χ3v) is 9.81. The van der Waals surface area contributed by atoms with E-state index in [1.54, 1.807) is 30.5 Å². The van der Waals surface area contributed by atoms with Crippen molar-refractivity contribution in [3.8, 4) is 10.8 Å². The number of aliphatic imine (C=N–C) groups is 1. The topological polar surface area (TPSA) is 128 Å². The molecule has 0 saturated heterocycles. The highest BCUT2D eigenvalue weighted by Gasteiger charge is 2.26. The zero-order valence-corrected chi connectivity index (χ0v) is 29.3. The number of rotatable bonds is 5. The van der Waals surface area contributed by atoms with E-state index in [9.17, 15) is 14.4 Å². The molecule has 2 aromatic carbocycles. The average molecular weight is 687 g/mol. The first-order chi connectivity index (χ1) is 23.0. The Morgan fingerprint density at radius 3 is 2.44 bits per heavy atom. The second kappa shape index (κ2) is 15.5. The van der Waals surface area contributed by atoms with Crippen LogP contribution in [0, 0.1) is 20.8 Å². The van der Waals surface area contributed by atoms with Crippen LogP contribution in [0.5, 0.6) is 5.75 Å². The van der Waals surface area contributed by atoms with Gasteiger partial charge in [-0.3, -0.25) is 23.9 Å². The predicted octanol–water partition coefficient (Wildman–Crippen LogP) is 6.04. The number of aryl methyl sites for hydroxylation is 2. The lowest BCUT2D eigenvalue weighted by atomic mass is 9.93. The van der Waals surface area contributed by atoms with Gasteiger partial charge in [0.2, 0.25) is 11.8 Å². The summed E-state index contributed by atoms with van der Waals surface area (Å²) < 4.78 is 7.57. The van der Waals surface area contributed by atoms with Crippen molar-refractivity contribution < 1.29 is 19.1 Å². The Labute approximate surface area is 289 Å². The van der Waals surface area contributed by atoms with Crippen molar-refractivity contribution in [3.05, 3.63) is 104 Å². The number of ketones is 1. The third-order valence-electron chi connectivity index (χ3n) is 8.37. The monoisotopic (exact) mass is 686 g/mol. The van der Waals surface area contributed by atoms with Crippen LogP contribution in [-0.2, 0) is 22.6 Å². The smallest absolute Gasteiger partial charge is 0.244 e. The summed E-state index contributed by atoms with van der Waals surface area (Å²) in [5.74, 6) is 2.20. The van der Waals surface area contributed by atoms with Crippen LogP contribution in [0.15, 0.2) is 59.6 Å². The second-order valence-electron chi connectivity index (χ2n) is 11.7. The number of aromatic nitrogens is 3. The van der Waals surface area contributed by atoms with Crippen LogP contribution in [0.2, 0.25) is 5.02 Å². The van der Waals surface area contributed by atoms with Crippen molar-refractivity contribution in [1.29, 1.82) is 0 Å². The van der Waals surface area contributed by atoms with Crippen molar-refractivity contribution in [2.45, 2.75) is 66.0 Å². The van der Waals surface area contributed by atoms with Crippen LogP contribution < -0.4 is 15.4 Å². The molecule has 0 atom stereocenters. The molecule has 12 heteroatoms. The summed E-state index contributed by atoms with van der Waals surface area (Å²) in [4.78, 5) is 39.4. The first-order valence-corrected chi connectivity index (χ1v) is 17.0. The number of benzene rings is 2. The zero-order chi connectivity index (χ0) is 34.4. The van der Waals surface area contributed by atoms with Gasteiger partial charge in [-0.2, -0.15) is 0 Å². The van der Waals surface area contributed by atoms with Crippen molar-refractivity contribution in [1.82, 2.24) is 25.4 Å². The van der Waals surface area contributed by atoms with Crippen LogP contribution in [0.1, 0.15) is 75.3 Å². The number of carbonyl (C=O) groups excluding carboxylic acids is 3. The zero-order valence-electron chi connectivity index (χ0n) is 27.7. The number of nitrogens with zero attached hydrogens (tertiary/aromatic N) is 4. The molecular weight excluding hydrogens is 648 g/mol. The number of allylic oxidation sites excluding steroid dienone is 1. The minimum Gasteiger partial charge on any atom is -0.493 e. The van der Waals surface area contributed by atoms with Gasteiger partial charge in [-0.15, -0.1) is 21.5 Å². The minimum absolute atomic E-state index is 0.00463. The molecule has 0 unspecified atom stereocenters. The van der Waals surface area contributed by atoms with E-state index in [-0.39, 0.29) is 23.6 Å². The molecule has 1 aliphatic carbocycles. The summed E-state index contributed by atoms with van der Waals surface area (Å²) in [7, 11) is 1.60. The molecule has 0 spiro atoms. The van der Waals surface area contributed by atoms with E-state index in [4.69, 9.17) is 21.3 Å². The molecule has 7 rings (SSSR count). The Balaban J connectivity index is 0.000000166. The fourth-order valence-corrected chi connectivity index (χ4v) is 6.61. The van der Waals surface area contributed by atoms with Gasteiger partial charge >= 0.3 is 0 Å². The maximum Gasteiger partial charge on any atom is 0.244 e. The number of ether oxygens (including phenoxy) is 1. The van der Waals surface area contributed by atoms with Crippen LogP contribution in [-0.4, -0.2) is 57.8 Å². The van der Waals surface area contributed by atoms with Crippen molar-refractivity contribution in [3.63, 3.8) is 0 Å². The van der Waals surface area contributed by atoms with Gasteiger partial charge in [0.15, 0.2) is 11.6 Å². The molecule has 4 aromatic rings. The molecule has 2 amide bonds. The predicted molar refractivity (Wildman–Crippen MR) is 189 cm³/mol. The van der Waals surface area contributed by atoms with E-state index in [2.05, 4.69) is 39.2 Å². The molecule has 4 heterocycles. The van der Waals surface area contributed by atoms with Gasteiger partial charge in [-0.25, -0.2) is 0 Å². The molecule has 1 fully saturated rings. The van der Waals surface area contributed by atoms with Crippen molar-refractivity contribution in [2.75, 3.05) is 13.7 Å². The van der Waals surface area contributed by atoms with Gasteiger partial charge in [0.1, 0.15) is 23.1 Å². The van der Waals surface area contributed by atoms with Gasteiger partial charge in [0.05, 0.1) is 12.3 Å². The Morgan fingerprint density at radius 1 is 1.04 bits per heavy atom. The number of fused-ring (bicyclic) bond motifs is 4. The van der Waals surface area contributed by atoms with Crippen molar-refractivity contribution in [2.24, 2.45) is 4.99 Å². The lowest BCUT2D eigenvalue weighted by Gasteiger charge is -2.25. The number of thiophene rings is 1. The van der Waals surface area contributed by atoms with Gasteiger partial charge < -0.3 is 15.4 Å². The van der Waals surface area contributed by atoms with E-state index < -0.39 is 0 Å². The molecule has 0 bridgehead atoms. The summed E-state index contributed by atoms with van der Waals surface area (Å²) in [6.45, 7) is 8.96. The maximum absolute atomic E-state index is 12.0. The van der Waals surface area contributed by atoms with Crippen LogP contribution >= 0.6 is 22.9 Å². The number of carbonyl (C=O) groups is 3. The fraction of sp³-hybridized carbons (Fsp3) is 0.333. The highest BCUT2D eigenvalue weighted by molar-refractivity contribution is 7.15. The lowest BCUT2D eigenvalue weighted by molar-refractivity contribution is -0.119. The van der Waals surface area contributed by atoms with Gasteiger partial charge in [0, 0.05) is 59.1 Å². The SMILES string of the molecule is CNC(C)=O.Cc1sc2c(c1C)C(c1ccc(Cl)cc1)=NCc1nnc(C)n1-2.O=C(/C=C/C(=O)c1ccc2c(c1)OCC2)NC1CCC1. The molecule has 3 aliphatic rings. The highest BCUT2D eigenvalue weighted by atomic mass is 35.5. The summed E-state index contributed by atoms with van der Waals surface area (Å²) in [6.07, 6.45) is 6.77. The second-order valence-corrected chi connectivity index (χ2v) is 13.3. The first kappa shape index (κ1) is 34.7. The third kappa shape index (κ3) is 8.08. The molecule has 0 radical (unpaired) electrons. The summed E-state index contributed by atoms with van der Waals surface area (Å²) >= 11 is 7.80. The summed E-state index contributed by atoms with van der Waals surface area (Å²) in [6, 6.07) is 13.6. The Hall–Kier alpha value is -4.61. The van der Waals surface area contributed by atoms with E-state index >= 15 is 0 Å². The molecule has 48 heavy (non-hydrogen) atoms. The molecule has 2 aromatic heterocycles. The lowest BCUT2D eigenvalue weighted by Crippen LogP contribution is -2.38. The number of hydrogen-bond donors (Lipinski definition) is 2. The molecular formula is C36H39ClN6O4S. The first-order valence-electron chi connectivity index (χ1n) is 15.8. The summed E-state index contributed by atoms with van der Waals surface area (Å²) in [5.41, 5.74) is 6.21. The van der Waals surface area contributed by atoms with Gasteiger partial charge in [-0.05, 0) is 75.4 Å². The van der Waals surface area contributed by atoms with Crippen LogP contribution in [0.4, 0.5) is 0 Å². The van der Waals surface area contributed by atoms with E-state index in [0.717, 1.165) is 63.5 Å². The van der Waals surface area contributed by atoms with E-state index in [1.807, 2.05) is 37.3 Å². The number of amides is 2. The molecule has 2 aliphatic heterocycles. The largest absolute Gasteiger partial charge is 0.493 e. The quantitative estimate of drug-likeness (QED) is 0.195. The van der Waals surface area contributed by atoms with E-state index in [1.165, 1.54) is 41.5 Å². The number of halogens is 1. The number of nitrogens with one attached hydrogen (secondary N) is 2. The van der Waals surface area contributed by atoms with Crippen LogP contribution in [0.25, 0.3) is 5.00 Å². The fourth-order valence-electron chi connectivity index (χ4n) is 5.26. The normalized spacial score (nSPS) is 14.3. The van der Waals surface area contributed by atoms with Gasteiger partial charge in [0.25, 0.3) is 0 Å². The number of hydrogen-bond acceptors (Lipinski definition) is 8. The minimum atomic E-state index is -0.194. The molecule has 10 nitrogen and oxygen atoms in total. The molecule has 1 saturated carbocycles. The van der Waals surface area contributed by atoms with Crippen LogP contribution in [0.3, 0.4) is 0 Å². The van der Waals surface area contributed by atoms with Gasteiger partial charge in [-0.1, -0.05) is 35.9 Å². The van der Waals surface area contributed by atoms with E-state index in [0.29, 0.717) is 18.7 Å². The summed E-state index contributed by atoms with van der Waals surface area (Å²) in [5, 5.41) is 15.6. The average Bonchev–Trinajstić information content (AvgIpc) is 3.73. The molecule has 2 N–H and O–H groups in total. The van der Waals surface area contributed by atoms with Crippen molar-refractivity contribution >= 4 is 46.2 Å². The Kier molecular flexibility index (Phi) is 11.2. The molecule has 250 valence electrons. The Bertz CT molecular complexity index is 1890. The maximum atomic E-state index is 12.0.